The minimum atomic E-state index is -1.16. The first kappa shape index (κ1) is 52.7. The monoisotopic (exact) mass is 908 g/mol. The normalized spacial score (nSPS) is 21.8. The van der Waals surface area contributed by atoms with Crippen molar-refractivity contribution in [1.29, 1.82) is 0 Å². The van der Waals surface area contributed by atoms with Crippen molar-refractivity contribution in [2.24, 2.45) is 23.7 Å². The van der Waals surface area contributed by atoms with Gasteiger partial charge in [0.15, 0.2) is 5.78 Å². The van der Waals surface area contributed by atoms with E-state index in [4.69, 9.17) is 9.47 Å². The molecule has 1 aromatic carbocycles. The minimum absolute atomic E-state index is 0.0588. The number of nitrogens with one attached hydrogen (secondary N) is 1. The van der Waals surface area contributed by atoms with Crippen LogP contribution < -0.4 is 5.32 Å². The lowest BCUT2D eigenvalue weighted by Crippen LogP contribution is -2.55. The second-order valence-corrected chi connectivity index (χ2v) is 18.7. The second-order valence-electron chi connectivity index (χ2n) is 18.7. The van der Waals surface area contributed by atoms with Gasteiger partial charge in [-0.2, -0.15) is 0 Å². The summed E-state index contributed by atoms with van der Waals surface area (Å²) in [6, 6.07) is 6.89. The molecule has 0 aliphatic carbocycles. The van der Waals surface area contributed by atoms with E-state index in [-0.39, 0.29) is 79.4 Å². The molecule has 360 valence electrons. The van der Waals surface area contributed by atoms with Crippen molar-refractivity contribution in [2.45, 2.75) is 148 Å². The van der Waals surface area contributed by atoms with Gasteiger partial charge in [0.1, 0.15) is 6.04 Å². The number of hydrogen-bond acceptors (Lipinski definition) is 10. The number of methoxy groups -OCH3 is 2. The molecule has 9 atom stereocenters. The van der Waals surface area contributed by atoms with Crippen molar-refractivity contribution in [3.05, 3.63) is 48.0 Å². The van der Waals surface area contributed by atoms with Gasteiger partial charge in [0.05, 0.1) is 42.2 Å². The number of likely N-dealkylation sites (tertiary alicyclic amines) is 2. The van der Waals surface area contributed by atoms with Gasteiger partial charge >= 0.3 is 5.97 Å². The van der Waals surface area contributed by atoms with Gasteiger partial charge in [0.2, 0.25) is 23.6 Å². The van der Waals surface area contributed by atoms with Crippen molar-refractivity contribution in [3.8, 4) is 0 Å². The molecule has 0 spiro atoms. The van der Waals surface area contributed by atoms with Crippen LogP contribution in [0, 0.1) is 23.7 Å². The standard InChI is InChI=1S/C49H73N5O11/c1-10-32(4)44(38(64-8)30-43(59)52-26-16-20-37(52)45(65-9)33(5)46(60)50-36(48(62)63)28-34-18-12-11-13-19-34)51(7)47(61)35(31(2)3)29-39(55)49(6)24-17-27-54(49)42(58)21-14-15-25-53-40(56)22-23-41(53)57/h11-13,18-19,22-23,31-33,35-38,44-45H,10,14-17,20-21,24-30H2,1-9H3,(H,50,60)(H,62,63)/t32-,33+,35-,36-,37-,38+,44-,45+,49-/m0/s1. The van der Waals surface area contributed by atoms with Crippen LogP contribution >= 0.6 is 0 Å². The van der Waals surface area contributed by atoms with Crippen LogP contribution in [0.4, 0.5) is 0 Å². The molecule has 0 saturated carbocycles. The highest BCUT2D eigenvalue weighted by Gasteiger charge is 2.48. The van der Waals surface area contributed by atoms with Gasteiger partial charge in [-0.05, 0) is 62.8 Å². The molecule has 0 bridgehead atoms. The van der Waals surface area contributed by atoms with Crippen molar-refractivity contribution < 1.29 is 52.9 Å². The third kappa shape index (κ3) is 12.9. The van der Waals surface area contributed by atoms with Crippen LogP contribution in [0.25, 0.3) is 0 Å². The molecule has 6 amide bonds. The number of carbonyl (C=O) groups excluding carboxylic acids is 7. The maximum atomic E-state index is 14.6. The molecule has 0 aromatic heterocycles. The van der Waals surface area contributed by atoms with E-state index in [1.165, 1.54) is 26.4 Å². The number of Topliss-reactive ketones (excluding diaryl/α,β-unsaturated/α-hetero) is 1. The molecule has 3 heterocycles. The number of rotatable bonds is 25. The van der Waals surface area contributed by atoms with Crippen LogP contribution in [0.5, 0.6) is 0 Å². The summed E-state index contributed by atoms with van der Waals surface area (Å²) in [6.45, 7) is 12.3. The first-order valence-corrected chi connectivity index (χ1v) is 23.4. The van der Waals surface area contributed by atoms with Crippen LogP contribution in [-0.2, 0) is 54.3 Å². The Labute approximate surface area is 384 Å². The van der Waals surface area contributed by atoms with E-state index >= 15 is 0 Å². The Morgan fingerprint density at radius 3 is 2.15 bits per heavy atom. The maximum absolute atomic E-state index is 14.6. The highest BCUT2D eigenvalue weighted by atomic mass is 16.5. The molecule has 2 N–H and O–H groups in total. The maximum Gasteiger partial charge on any atom is 0.326 e. The minimum Gasteiger partial charge on any atom is -0.480 e. The second kappa shape index (κ2) is 24.0. The highest BCUT2D eigenvalue weighted by Crippen LogP contribution is 2.36. The van der Waals surface area contributed by atoms with E-state index in [2.05, 4.69) is 5.32 Å². The lowest BCUT2D eigenvalue weighted by atomic mass is 9.81. The molecule has 2 fully saturated rings. The predicted molar refractivity (Wildman–Crippen MR) is 243 cm³/mol. The molecule has 1 aromatic rings. The molecule has 4 rings (SSSR count). The number of benzene rings is 1. The Balaban J connectivity index is 1.43. The Morgan fingerprint density at radius 2 is 1.57 bits per heavy atom. The molecule has 3 aliphatic rings. The summed E-state index contributed by atoms with van der Waals surface area (Å²) in [5, 5.41) is 12.6. The van der Waals surface area contributed by atoms with Crippen LogP contribution in [0.15, 0.2) is 42.5 Å². The number of unbranched alkanes of at least 4 members (excludes halogenated alkanes) is 1. The number of carbonyl (C=O) groups is 8. The molecular formula is C49H73N5O11. The third-order valence-electron chi connectivity index (χ3n) is 14.1. The lowest BCUT2D eigenvalue weighted by Gasteiger charge is -2.41. The SMILES string of the molecule is CC[C@H](C)[C@@H]([C@@H](CC(=O)N1CCC[C@H]1[C@H](OC)[C@@H](C)C(=O)N[C@@H](Cc1ccccc1)C(=O)O)OC)N(C)C(=O)[C@@H](CC(=O)[C@]1(C)CCCN1C(=O)CCCCN1C(=O)C=CC1=O)C(C)C. The molecule has 16 nitrogen and oxygen atoms in total. The van der Waals surface area contributed by atoms with E-state index in [1.807, 2.05) is 33.8 Å². The Bertz CT molecular complexity index is 1870. The number of nitrogens with zero attached hydrogens (tertiary/aromatic N) is 4. The summed E-state index contributed by atoms with van der Waals surface area (Å²) in [6.07, 6.45) is 5.10. The lowest BCUT2D eigenvalue weighted by molar-refractivity contribution is -0.150. The quantitative estimate of drug-likeness (QED) is 0.104. The zero-order valence-corrected chi connectivity index (χ0v) is 40.0. The van der Waals surface area contributed by atoms with Gasteiger partial charge in [-0.15, -0.1) is 0 Å². The van der Waals surface area contributed by atoms with Crippen LogP contribution in [-0.4, -0.2) is 149 Å². The number of carboxylic acids is 1. The van der Waals surface area contributed by atoms with Crippen molar-refractivity contribution in [1.82, 2.24) is 24.9 Å². The van der Waals surface area contributed by atoms with Gasteiger partial charge < -0.3 is 34.6 Å². The number of ketones is 1. The van der Waals surface area contributed by atoms with Crippen molar-refractivity contribution >= 4 is 47.2 Å². The number of aliphatic carboxylic acids is 1. The summed E-state index contributed by atoms with van der Waals surface area (Å²) in [7, 11) is 4.70. The molecule has 65 heavy (non-hydrogen) atoms. The Hall–Kier alpha value is -4.96. The van der Waals surface area contributed by atoms with E-state index in [9.17, 15) is 43.5 Å². The van der Waals surface area contributed by atoms with Crippen LogP contribution in [0.2, 0.25) is 0 Å². The molecule has 0 unspecified atom stereocenters. The fourth-order valence-corrected chi connectivity index (χ4v) is 9.93. The average molecular weight is 908 g/mol. The molecular weight excluding hydrogens is 835 g/mol. The molecule has 2 saturated heterocycles. The molecule has 0 radical (unpaired) electrons. The van der Waals surface area contributed by atoms with Gasteiger partial charge in [0.25, 0.3) is 11.8 Å². The third-order valence-corrected chi connectivity index (χ3v) is 14.1. The fourth-order valence-electron chi connectivity index (χ4n) is 9.93. The van der Waals surface area contributed by atoms with E-state index in [0.717, 1.165) is 10.5 Å². The summed E-state index contributed by atoms with van der Waals surface area (Å²) in [4.78, 5) is 113. The summed E-state index contributed by atoms with van der Waals surface area (Å²) in [5.74, 6) is -5.05. The van der Waals surface area contributed by atoms with Crippen molar-refractivity contribution in [3.63, 3.8) is 0 Å². The smallest absolute Gasteiger partial charge is 0.326 e. The van der Waals surface area contributed by atoms with Gasteiger partial charge in [-0.1, -0.05) is 71.4 Å². The van der Waals surface area contributed by atoms with E-state index in [1.54, 1.807) is 59.9 Å². The summed E-state index contributed by atoms with van der Waals surface area (Å²) >= 11 is 0. The van der Waals surface area contributed by atoms with Gasteiger partial charge in [-0.3, -0.25) is 38.5 Å². The number of hydrogen-bond donors (Lipinski definition) is 2. The van der Waals surface area contributed by atoms with E-state index < -0.39 is 59.6 Å². The predicted octanol–water partition coefficient (Wildman–Crippen LogP) is 4.43. The number of amides is 6. The van der Waals surface area contributed by atoms with Crippen LogP contribution in [0.3, 0.4) is 0 Å². The topological polar surface area (TPSA) is 200 Å². The van der Waals surface area contributed by atoms with Crippen molar-refractivity contribution in [2.75, 3.05) is 40.9 Å². The average Bonchev–Trinajstić information content (AvgIpc) is 4.02. The number of carboxylic acid groups (broad SMARTS) is 1. The Kier molecular flexibility index (Phi) is 19.4. The number of imide groups is 1. The van der Waals surface area contributed by atoms with Gasteiger partial charge in [-0.25, -0.2) is 4.79 Å². The zero-order chi connectivity index (χ0) is 48.2. The Morgan fingerprint density at radius 1 is 0.908 bits per heavy atom. The van der Waals surface area contributed by atoms with Gasteiger partial charge in [0, 0.05) is 78.2 Å². The molecule has 16 heteroatoms. The number of ether oxygens (including phenoxy) is 2. The largest absolute Gasteiger partial charge is 0.480 e. The number of likely N-dealkylation sites (N-methyl/N-ethyl adjacent to an activating group) is 1. The highest BCUT2D eigenvalue weighted by molar-refractivity contribution is 6.12. The first-order chi connectivity index (χ1) is 30.8. The van der Waals surface area contributed by atoms with Crippen LogP contribution in [0.1, 0.15) is 111 Å². The zero-order valence-electron chi connectivity index (χ0n) is 40.0. The van der Waals surface area contributed by atoms with E-state index in [0.29, 0.717) is 58.0 Å². The fraction of sp³-hybridized carbons (Fsp3) is 0.673. The molecule has 3 aliphatic heterocycles. The first-order valence-electron chi connectivity index (χ1n) is 23.4. The summed E-state index contributed by atoms with van der Waals surface area (Å²) < 4.78 is 11.9. The summed E-state index contributed by atoms with van der Waals surface area (Å²) in [5.41, 5.74) is -0.321.